The second-order valence-electron chi connectivity index (χ2n) is 36.2. The third kappa shape index (κ3) is 36.1. The first kappa shape index (κ1) is 114. The number of H-pyrrole nitrogens is 1. The largest absolute Gasteiger partial charge is 0.481 e. The fourth-order valence-corrected chi connectivity index (χ4v) is 19.3. The van der Waals surface area contributed by atoms with E-state index in [4.69, 9.17) is 11.5 Å². The molecule has 1 aromatic carbocycles. The maximum absolute atomic E-state index is 15.9. The van der Waals surface area contributed by atoms with Gasteiger partial charge in [0.05, 0.1) is 25.7 Å². The molecule has 19 amide bonds. The van der Waals surface area contributed by atoms with Crippen LogP contribution in [0.15, 0.2) is 30.5 Å². The summed E-state index contributed by atoms with van der Waals surface area (Å²) in [6.07, 6.45) is 3.34. The lowest BCUT2D eigenvalue weighted by molar-refractivity contribution is -0.139. The Bertz CT molecular complexity index is 4530. The van der Waals surface area contributed by atoms with Gasteiger partial charge >= 0.3 is 5.97 Å². The minimum absolute atomic E-state index is 0.0837. The second kappa shape index (κ2) is 56.3. The van der Waals surface area contributed by atoms with Crippen LogP contribution in [0.5, 0.6) is 0 Å². The number of benzene rings is 1. The van der Waals surface area contributed by atoms with Crippen molar-refractivity contribution in [3.8, 4) is 0 Å². The molecule has 0 spiro atoms. The third-order valence-electron chi connectivity index (χ3n) is 23.3. The van der Waals surface area contributed by atoms with Crippen LogP contribution in [0.4, 0.5) is 0 Å². The van der Waals surface area contributed by atoms with Gasteiger partial charge in [-0.05, 0) is 86.8 Å². The SMILES string of the molecule is CC[C@H](C)[C@@H]1NC(=O)[C@@H]2NC(=O)[C@H](CC(C)C)NC(=O)[C@H](NC(=O)[C@@H]3CSC[C@H](N)C(=O)N[C@@H](CO)C(=O)NCC(=O)N[C@@H](Cc4c[nH]c5ccccc45)C(=O)N[C@@H](C(C)C)C(=O)N3)[C@H](C)SC[C@H](NC(=O)[C@H](CCC(=O)O)NC1=O)C(=O)NCC(=O)N[C@@H]1C(=O)N[C@@H](CC(C)C)C(=O)N[C@@H](C(C)C)C(=O)N[C@@H](CS[C@H]2C)C(=O)N[C@@H](C)C(=O)N[C@H](C(=O)NCCCCCCCN)CS[C@H]1C. The van der Waals surface area contributed by atoms with Gasteiger partial charge in [-0.3, -0.25) is 95.9 Å². The first-order valence-corrected chi connectivity index (χ1v) is 50.5. The monoisotopic (exact) mass is 1980 g/mol. The lowest BCUT2D eigenvalue weighted by Gasteiger charge is -2.32. The molecule has 4 bridgehead atoms. The second-order valence-corrected chi connectivity index (χ2v) is 41.5. The fraction of sp³-hybridized carbons (Fsp3) is 0.682. The van der Waals surface area contributed by atoms with E-state index in [1.807, 2.05) is 0 Å². The minimum atomic E-state index is -1.96. The van der Waals surface area contributed by atoms with E-state index in [9.17, 15) is 53.4 Å². The molecule has 758 valence electrons. The van der Waals surface area contributed by atoms with Crippen molar-refractivity contribution < 1.29 is 106 Å². The molecule has 1 aromatic heterocycles. The van der Waals surface area contributed by atoms with Crippen LogP contribution in [0, 0.1) is 29.6 Å². The molecule has 48 heteroatoms. The lowest BCUT2D eigenvalue weighted by Crippen LogP contribution is -2.63. The molecule has 26 N–H and O–H groups in total. The fourth-order valence-electron chi connectivity index (χ4n) is 15.0. The molecule has 0 radical (unpaired) electrons. The number of carbonyl (C=O) groups excluding carboxylic acids is 19. The number of fused-ring (bicyclic) bond motifs is 19. The van der Waals surface area contributed by atoms with Crippen LogP contribution >= 0.6 is 47.0 Å². The van der Waals surface area contributed by atoms with E-state index in [0.29, 0.717) is 47.6 Å². The highest BCUT2D eigenvalue weighted by Gasteiger charge is 2.44. The number of aliphatic hydroxyl groups is 1. The Hall–Kier alpha value is -10.6. The van der Waals surface area contributed by atoms with Gasteiger partial charge in [0, 0.05) is 81.0 Å². The van der Waals surface area contributed by atoms with E-state index >= 15 is 52.7 Å². The number of amides is 19. The van der Waals surface area contributed by atoms with Gasteiger partial charge in [0.15, 0.2) is 0 Å². The van der Waals surface area contributed by atoms with E-state index in [1.165, 1.54) is 27.7 Å². The number of aliphatic carboxylic acids is 1. The van der Waals surface area contributed by atoms with E-state index in [1.54, 1.807) is 99.7 Å². The minimum Gasteiger partial charge on any atom is -0.481 e. The van der Waals surface area contributed by atoms with Gasteiger partial charge in [0.25, 0.3) is 0 Å². The molecule has 0 saturated carbocycles. The predicted octanol–water partition coefficient (Wildman–Crippen LogP) is -4.47. The number of aromatic nitrogens is 1. The maximum atomic E-state index is 15.9. The summed E-state index contributed by atoms with van der Waals surface area (Å²) in [5.41, 5.74) is 13.3. The normalized spacial score (nSPS) is 28.7. The summed E-state index contributed by atoms with van der Waals surface area (Å²) in [4.78, 5) is 300. The predicted molar refractivity (Wildman–Crippen MR) is 513 cm³/mol. The zero-order valence-electron chi connectivity index (χ0n) is 79.5. The van der Waals surface area contributed by atoms with Gasteiger partial charge in [-0.25, -0.2) is 0 Å². The van der Waals surface area contributed by atoms with Crippen LogP contribution in [0.25, 0.3) is 10.9 Å². The first-order valence-electron chi connectivity index (χ1n) is 46.2. The summed E-state index contributed by atoms with van der Waals surface area (Å²) < 4.78 is 0. The van der Waals surface area contributed by atoms with Crippen LogP contribution in [0.1, 0.15) is 167 Å². The van der Waals surface area contributed by atoms with Gasteiger partial charge in [-0.1, -0.05) is 134 Å². The number of hydrogen-bond acceptors (Lipinski definition) is 27. The van der Waals surface area contributed by atoms with Crippen molar-refractivity contribution in [1.82, 2.24) is 106 Å². The van der Waals surface area contributed by atoms with Crippen LogP contribution < -0.4 is 112 Å². The van der Waals surface area contributed by atoms with Crippen molar-refractivity contribution in [2.75, 3.05) is 61.6 Å². The number of aromatic amines is 1. The molecule has 4 aliphatic rings. The Morgan fingerprint density at radius 2 is 0.956 bits per heavy atom. The van der Waals surface area contributed by atoms with Crippen molar-refractivity contribution in [2.45, 2.75) is 286 Å². The third-order valence-corrected chi connectivity index (χ3v) is 28.4. The van der Waals surface area contributed by atoms with Crippen LogP contribution in [-0.4, -0.2) is 313 Å². The zero-order chi connectivity index (χ0) is 101. The number of carboxylic acids is 1. The number of carboxylic acid groups (broad SMARTS) is 1. The number of hydrogen-bond donors (Lipinski definition) is 24. The standard InChI is InChI=1S/C88H140N22O22S4/c1-15-45(10)68-85(129)97-54(25-26-65(114)115)77(121)102-61-39-135-48(13)70(110-82(126)59-37-133-36-52(90)73(117)100-58(35-111)74(118)93-33-63(112)96-57(80(124)107-66(43(6)7)83(127)103-59)31-50-32-92-53-24-20-19-23-51(50)53)87(131)99-56(30-42(4)5)79(123)109-71(88(132)108-68)49(14)136-40-62-81(125)95-46(11)72(116)101-60(75(119)91-28-22-18-16-17-21-27-89)38-134-47(12)69(105-64(113)34-94-76(61)120)86(130)98-55(29-41(2)3)78(122)106-67(44(8)9)84(128)104-62/h19-20,23-24,32,41-49,52,54-62,66-71,92,111H,15-18,21-22,25-31,33-40,89-90H2,1-14H3,(H,91,119)(H,93,118)(H,94,120)(H,95,125)(H,96,112)(H,97,129)(H,98,130)(H,99,131)(H,100,117)(H,101,116)(H,102,121)(H,103,127)(H,104,128)(H,105,113)(H,106,122)(H,107,124)(H,108,132)(H,109,123)(H,110,126)(H,114,115)/t45-,46-,47-,48-,49-,52-,54-,55-,56-,57-,58-,59-,60-,61-,62-,66-,67-,68-,69-,70+,71+/m0/s1. The first-order chi connectivity index (χ1) is 64.2. The smallest absolute Gasteiger partial charge is 0.303 e. The topological polar surface area (TPSA) is 678 Å². The van der Waals surface area contributed by atoms with Crippen LogP contribution in [-0.2, 0) is 102 Å². The summed E-state index contributed by atoms with van der Waals surface area (Å²) in [6.45, 7) is 19.7. The number of para-hydroxylation sites is 1. The summed E-state index contributed by atoms with van der Waals surface area (Å²) in [5.74, 6) is -26.9. The number of aliphatic hydroxyl groups excluding tert-OH is 1. The Labute approximate surface area is 808 Å². The maximum Gasteiger partial charge on any atom is 0.303 e. The van der Waals surface area contributed by atoms with Gasteiger partial charge in [-0.15, -0.1) is 0 Å². The van der Waals surface area contributed by atoms with Crippen molar-refractivity contribution in [1.29, 1.82) is 0 Å². The summed E-state index contributed by atoms with van der Waals surface area (Å²) in [5, 5.41) is 67.3. The Kier molecular flexibility index (Phi) is 47.3. The number of nitrogens with two attached hydrogens (primary N) is 2. The highest BCUT2D eigenvalue weighted by molar-refractivity contribution is 8.00. The van der Waals surface area contributed by atoms with Gasteiger partial charge < -0.3 is 128 Å². The van der Waals surface area contributed by atoms with E-state index in [0.717, 1.165) is 54.5 Å². The number of unbranched alkanes of at least 4 members (excludes halogenated alkanes) is 4. The molecule has 2 aromatic rings. The average Bonchev–Trinajstić information content (AvgIpc) is 1.72. The molecule has 5 heterocycles. The van der Waals surface area contributed by atoms with E-state index in [-0.39, 0.29) is 43.9 Å². The van der Waals surface area contributed by atoms with E-state index in [2.05, 4.69) is 106 Å². The van der Waals surface area contributed by atoms with E-state index < -0.39 is 316 Å². The van der Waals surface area contributed by atoms with Crippen molar-refractivity contribution in [2.24, 2.45) is 41.1 Å². The highest BCUT2D eigenvalue weighted by Crippen LogP contribution is 2.26. The average molecular weight is 1990 g/mol. The lowest BCUT2D eigenvalue weighted by atomic mass is 9.96. The molecule has 44 nitrogen and oxygen atoms in total. The molecular formula is C88H140N22O22S4. The summed E-state index contributed by atoms with van der Waals surface area (Å²) >= 11 is 3.16. The Morgan fingerprint density at radius 3 is 1.57 bits per heavy atom. The van der Waals surface area contributed by atoms with Gasteiger partial charge in [0.1, 0.15) is 96.7 Å². The Balaban J connectivity index is 1.61. The van der Waals surface area contributed by atoms with Gasteiger partial charge in [0.2, 0.25) is 112 Å². The molecule has 6 rings (SSSR count). The van der Waals surface area contributed by atoms with Crippen LogP contribution in [0.2, 0.25) is 0 Å². The van der Waals surface area contributed by atoms with Crippen molar-refractivity contribution in [3.63, 3.8) is 0 Å². The molecule has 136 heavy (non-hydrogen) atoms. The molecule has 21 atom stereocenters. The molecule has 4 saturated heterocycles. The quantitative estimate of drug-likeness (QED) is 0.0348. The van der Waals surface area contributed by atoms with Gasteiger partial charge in [-0.2, -0.15) is 47.0 Å². The summed E-state index contributed by atoms with van der Waals surface area (Å²) in [6, 6.07) is -21.5. The van der Waals surface area contributed by atoms with Crippen LogP contribution in [0.3, 0.4) is 0 Å². The number of nitrogens with one attached hydrogen (secondary N) is 20. The van der Waals surface area contributed by atoms with Crippen molar-refractivity contribution >= 4 is 176 Å². The molecular weight excluding hydrogens is 1850 g/mol. The highest BCUT2D eigenvalue weighted by atomic mass is 32.2. The number of carbonyl (C=O) groups is 20. The molecule has 4 fully saturated rings. The number of thioether (sulfide) groups is 4. The number of rotatable bonds is 24. The molecule has 0 unspecified atom stereocenters. The summed E-state index contributed by atoms with van der Waals surface area (Å²) in [7, 11) is 0. The van der Waals surface area contributed by atoms with Crippen molar-refractivity contribution in [3.05, 3.63) is 36.0 Å². The molecule has 0 aliphatic carbocycles. The molecule has 4 aliphatic heterocycles. The zero-order valence-corrected chi connectivity index (χ0v) is 82.8. The Morgan fingerprint density at radius 1 is 0.463 bits per heavy atom.